The van der Waals surface area contributed by atoms with Crippen molar-refractivity contribution in [3.8, 4) is 11.5 Å². The molecule has 0 atom stereocenters. The van der Waals surface area contributed by atoms with E-state index in [4.69, 9.17) is 14.6 Å². The van der Waals surface area contributed by atoms with Gasteiger partial charge in [-0.25, -0.2) is 0 Å². The summed E-state index contributed by atoms with van der Waals surface area (Å²) in [6.45, 7) is 0. The fourth-order valence-electron chi connectivity index (χ4n) is 1.47. The molecular formula is C11H10O4Se. The topological polar surface area (TPSA) is 55.8 Å². The Bertz CT molecular complexity index is 503. The van der Waals surface area contributed by atoms with Gasteiger partial charge in [-0.2, -0.15) is 0 Å². The van der Waals surface area contributed by atoms with Gasteiger partial charge in [-0.15, -0.1) is 0 Å². The number of carboxylic acids is 1. The Balaban J connectivity index is 2.64. The van der Waals surface area contributed by atoms with Crippen LogP contribution in [-0.4, -0.2) is 39.8 Å². The van der Waals surface area contributed by atoms with E-state index in [1.165, 1.54) is 0 Å². The molecular weight excluding hydrogens is 275 g/mol. The first kappa shape index (κ1) is 11.0. The van der Waals surface area contributed by atoms with Crippen molar-refractivity contribution in [2.45, 2.75) is 0 Å². The molecule has 0 saturated heterocycles. The average molecular weight is 285 g/mol. The van der Waals surface area contributed by atoms with Crippen LogP contribution in [0.1, 0.15) is 9.23 Å². The molecule has 4 nitrogen and oxygen atoms in total. The number of carbonyl (C=O) groups is 1. The quantitative estimate of drug-likeness (QED) is 0.871. The van der Waals surface area contributed by atoms with Crippen molar-refractivity contribution in [2.75, 3.05) is 14.2 Å². The first-order chi connectivity index (χ1) is 7.65. The van der Waals surface area contributed by atoms with E-state index in [0.717, 1.165) is 9.65 Å². The molecule has 0 amide bonds. The number of carboxylic acid groups (broad SMARTS) is 1. The maximum absolute atomic E-state index is 10.9. The third kappa shape index (κ3) is 1.79. The Morgan fingerprint density at radius 2 is 1.81 bits per heavy atom. The molecule has 1 N–H and O–H groups in total. The van der Waals surface area contributed by atoms with Crippen LogP contribution in [0.4, 0.5) is 0 Å². The number of methoxy groups -OCH3 is 2. The summed E-state index contributed by atoms with van der Waals surface area (Å²) < 4.78 is 11.8. The molecule has 1 heterocycles. The van der Waals surface area contributed by atoms with E-state index in [9.17, 15) is 4.79 Å². The second-order valence-electron chi connectivity index (χ2n) is 3.16. The van der Waals surface area contributed by atoms with Crippen LogP contribution < -0.4 is 9.47 Å². The Labute approximate surface area is 98.1 Å². The minimum atomic E-state index is -0.853. The van der Waals surface area contributed by atoms with E-state index in [1.54, 1.807) is 20.3 Å². The molecule has 16 heavy (non-hydrogen) atoms. The molecule has 0 aliphatic rings. The molecule has 1 aromatic carbocycles. The Kier molecular flexibility index (Phi) is 2.90. The Hall–Kier alpha value is -1.45. The van der Waals surface area contributed by atoms with Crippen molar-refractivity contribution < 1.29 is 19.4 Å². The molecule has 0 aliphatic carbocycles. The predicted molar refractivity (Wildman–Crippen MR) is 61.0 cm³/mol. The number of rotatable bonds is 3. The van der Waals surface area contributed by atoms with Gasteiger partial charge in [0.25, 0.3) is 0 Å². The van der Waals surface area contributed by atoms with Gasteiger partial charge in [-0.1, -0.05) is 0 Å². The van der Waals surface area contributed by atoms with Gasteiger partial charge < -0.3 is 0 Å². The van der Waals surface area contributed by atoms with Crippen molar-refractivity contribution in [2.24, 2.45) is 0 Å². The number of ether oxygens (including phenoxy) is 2. The molecule has 0 aliphatic heterocycles. The van der Waals surface area contributed by atoms with E-state index in [-0.39, 0.29) is 14.5 Å². The van der Waals surface area contributed by atoms with Crippen molar-refractivity contribution in [1.29, 1.82) is 0 Å². The SMILES string of the molecule is COc1cc2cc(C(=O)O)[se]c2cc1OC. The standard InChI is InChI=1S/C11H10O4Se/c1-14-7-3-6-4-10(11(12)13)16-9(6)5-8(7)15-2/h3-5H,1-2H3,(H,12,13). The summed E-state index contributed by atoms with van der Waals surface area (Å²) in [5.41, 5.74) is 0. The van der Waals surface area contributed by atoms with Crippen LogP contribution in [0.5, 0.6) is 11.5 Å². The molecule has 5 heteroatoms. The Morgan fingerprint density at radius 3 is 2.38 bits per heavy atom. The summed E-state index contributed by atoms with van der Waals surface area (Å²) in [5.74, 6) is 0.414. The van der Waals surface area contributed by atoms with Gasteiger partial charge in [0.1, 0.15) is 0 Å². The zero-order valence-electron chi connectivity index (χ0n) is 8.81. The van der Waals surface area contributed by atoms with Crippen molar-refractivity contribution in [1.82, 2.24) is 0 Å². The fourth-order valence-corrected chi connectivity index (χ4v) is 3.38. The number of fused-ring (bicyclic) bond motifs is 1. The molecule has 1 aromatic heterocycles. The molecule has 2 aromatic rings. The van der Waals surface area contributed by atoms with E-state index >= 15 is 0 Å². The number of hydrogen-bond donors (Lipinski definition) is 1. The van der Waals surface area contributed by atoms with Crippen LogP contribution in [0.2, 0.25) is 0 Å². The average Bonchev–Trinajstić information content (AvgIpc) is 2.69. The number of aromatic carboxylic acids is 1. The van der Waals surface area contributed by atoms with E-state index < -0.39 is 5.97 Å². The van der Waals surface area contributed by atoms with E-state index in [0.29, 0.717) is 15.9 Å². The summed E-state index contributed by atoms with van der Waals surface area (Å²) >= 11 is -0.152. The summed E-state index contributed by atoms with van der Waals surface area (Å²) in [5, 5.41) is 9.84. The second-order valence-corrected chi connectivity index (χ2v) is 5.43. The molecule has 0 radical (unpaired) electrons. The van der Waals surface area contributed by atoms with Crippen molar-refractivity contribution in [3.63, 3.8) is 0 Å². The van der Waals surface area contributed by atoms with E-state index in [1.807, 2.05) is 12.1 Å². The molecule has 0 saturated carbocycles. The first-order valence-electron chi connectivity index (χ1n) is 4.54. The normalized spacial score (nSPS) is 10.4. The molecule has 0 unspecified atom stereocenters. The van der Waals surface area contributed by atoms with Crippen LogP contribution in [-0.2, 0) is 0 Å². The predicted octanol–water partition coefficient (Wildman–Crippen LogP) is 1.61. The molecule has 0 bridgehead atoms. The maximum atomic E-state index is 10.9. The van der Waals surface area contributed by atoms with Crippen LogP contribution in [0.15, 0.2) is 18.2 Å². The summed E-state index contributed by atoms with van der Waals surface area (Å²) in [6, 6.07) is 5.35. The van der Waals surface area contributed by atoms with Gasteiger partial charge in [-0.05, 0) is 0 Å². The zero-order chi connectivity index (χ0) is 11.7. The second kappa shape index (κ2) is 4.20. The van der Waals surface area contributed by atoms with Gasteiger partial charge in [0.05, 0.1) is 0 Å². The monoisotopic (exact) mass is 286 g/mol. The van der Waals surface area contributed by atoms with Gasteiger partial charge in [0, 0.05) is 0 Å². The third-order valence-corrected chi connectivity index (χ3v) is 4.51. The number of benzene rings is 1. The Morgan fingerprint density at radius 1 is 1.19 bits per heavy atom. The van der Waals surface area contributed by atoms with Gasteiger partial charge in [-0.3, -0.25) is 0 Å². The molecule has 0 fully saturated rings. The minimum absolute atomic E-state index is 0.152. The van der Waals surface area contributed by atoms with Crippen LogP contribution in [0, 0.1) is 0 Å². The molecule has 2 rings (SSSR count). The zero-order valence-corrected chi connectivity index (χ0v) is 10.5. The molecule has 0 spiro atoms. The van der Waals surface area contributed by atoms with Gasteiger partial charge in [0.15, 0.2) is 0 Å². The van der Waals surface area contributed by atoms with Gasteiger partial charge >= 0.3 is 97.8 Å². The van der Waals surface area contributed by atoms with Crippen LogP contribution in [0.25, 0.3) is 9.65 Å². The summed E-state index contributed by atoms with van der Waals surface area (Å²) in [7, 11) is 3.13. The van der Waals surface area contributed by atoms with Crippen LogP contribution >= 0.6 is 0 Å². The van der Waals surface area contributed by atoms with Crippen LogP contribution in [0.3, 0.4) is 0 Å². The summed E-state index contributed by atoms with van der Waals surface area (Å²) in [6.07, 6.45) is 0. The fraction of sp³-hybridized carbons (Fsp3) is 0.182. The van der Waals surface area contributed by atoms with Crippen molar-refractivity contribution >= 4 is 30.1 Å². The number of hydrogen-bond acceptors (Lipinski definition) is 3. The molecule has 84 valence electrons. The van der Waals surface area contributed by atoms with Crippen molar-refractivity contribution in [3.05, 3.63) is 22.6 Å². The van der Waals surface area contributed by atoms with Gasteiger partial charge in [0.2, 0.25) is 0 Å². The van der Waals surface area contributed by atoms with E-state index in [2.05, 4.69) is 0 Å². The summed E-state index contributed by atoms with van der Waals surface area (Å²) in [4.78, 5) is 10.9. The third-order valence-electron chi connectivity index (χ3n) is 2.23. The first-order valence-corrected chi connectivity index (χ1v) is 6.26.